The van der Waals surface area contributed by atoms with Gasteiger partial charge in [-0.05, 0) is 11.6 Å². The number of ether oxygens (including phenoxy) is 10. The zero-order valence-electron chi connectivity index (χ0n) is 37.4. The maximum atomic E-state index is 11.4. The molecule has 0 radical (unpaired) electrons. The summed E-state index contributed by atoms with van der Waals surface area (Å²) in [5, 5.41) is 45.0. The van der Waals surface area contributed by atoms with Crippen LogP contribution in [0.2, 0.25) is 8.87 Å². The number of halogens is 1. The van der Waals surface area contributed by atoms with E-state index >= 15 is 0 Å². The van der Waals surface area contributed by atoms with Gasteiger partial charge < -0.3 is 72.1 Å². The Bertz CT molecular complexity index is 1660. The minimum absolute atomic E-state index is 0. The van der Waals surface area contributed by atoms with Crippen molar-refractivity contribution in [1.82, 2.24) is 0 Å². The van der Waals surface area contributed by atoms with Crippen LogP contribution < -0.4 is 0 Å². The van der Waals surface area contributed by atoms with Crippen LogP contribution >= 0.6 is 11.6 Å². The fourth-order valence-corrected chi connectivity index (χ4v) is 11.7. The first-order chi connectivity index (χ1) is 32.2. The van der Waals surface area contributed by atoms with Gasteiger partial charge in [-0.1, -0.05) is 7.43 Å². The van der Waals surface area contributed by atoms with Crippen LogP contribution in [0.3, 0.4) is 0 Å². The van der Waals surface area contributed by atoms with Gasteiger partial charge in [0.1, 0.15) is 49.3 Å². The Hall–Kier alpha value is -4.28. The van der Waals surface area contributed by atoms with Crippen molar-refractivity contribution in [2.45, 2.75) is 143 Å². The molecule has 30 nitrogen and oxygen atoms in total. The number of fused-ring (bicyclic) bond motifs is 3. The molecule has 0 amide bonds. The van der Waals surface area contributed by atoms with Gasteiger partial charge in [-0.15, -0.1) is 30.3 Å². The molecule has 0 bridgehead atoms. The van der Waals surface area contributed by atoms with Crippen LogP contribution in [0.15, 0.2) is 0 Å². The average Bonchev–Trinajstić information content (AvgIpc) is 4.14. The van der Waals surface area contributed by atoms with E-state index in [2.05, 4.69) is 37.8 Å². The maximum absolute atomic E-state index is 11.4. The van der Waals surface area contributed by atoms with Gasteiger partial charge in [0.25, 0.3) is 20.5 Å². The summed E-state index contributed by atoms with van der Waals surface area (Å²) in [6, 6.07) is 0. The van der Waals surface area contributed by atoms with E-state index in [0.717, 1.165) is 8.87 Å². The second-order valence-corrected chi connectivity index (χ2v) is 21.2. The zero-order valence-corrected chi connectivity index (χ0v) is 41.0. The smallest absolute Gasteiger partial charge is 0.332 e. The minimum atomic E-state index is -1.99. The monoisotopic (exact) mass is 1130 g/mol. The molecule has 12 atom stereocenters. The van der Waals surface area contributed by atoms with Crippen LogP contribution in [0.4, 0.5) is 0 Å². The molecule has 6 heterocycles. The van der Waals surface area contributed by atoms with E-state index in [1.54, 1.807) is 0 Å². The molecular formula is C37H60ClN3O27Sn. The quantitative estimate of drug-likeness (QED) is 0.0422. The van der Waals surface area contributed by atoms with Crippen molar-refractivity contribution in [2.24, 2.45) is 0 Å². The summed E-state index contributed by atoms with van der Waals surface area (Å²) in [5.41, 5.74) is 0. The molecule has 69 heavy (non-hydrogen) atoms. The molecule has 0 aromatic rings. The Kier molecular flexibility index (Phi) is 30.3. The van der Waals surface area contributed by atoms with Crippen molar-refractivity contribution in [1.29, 1.82) is 0 Å². The van der Waals surface area contributed by atoms with Gasteiger partial charge in [0, 0.05) is 13.8 Å². The molecule has 6 aliphatic rings. The molecule has 0 unspecified atom stereocenters. The molecule has 0 aliphatic carbocycles. The molecule has 32 heteroatoms. The van der Waals surface area contributed by atoms with E-state index in [0.29, 0.717) is 0 Å². The largest absolute Gasteiger partial charge is 0.455 e. The molecule has 0 aromatic carbocycles. The second kappa shape index (κ2) is 33.3. The number of esters is 4. The number of aliphatic hydroxyl groups is 2. The number of hydrogen-bond donors (Lipinski definition) is 2. The number of aliphatic hydroxyl groups excluding tert-OH is 2. The van der Waals surface area contributed by atoms with Crippen molar-refractivity contribution in [3.63, 3.8) is 0 Å². The van der Waals surface area contributed by atoms with E-state index in [1.165, 1.54) is 39.5 Å². The molecule has 6 rings (SSSR count). The molecule has 0 aromatic heterocycles. The predicted molar refractivity (Wildman–Crippen MR) is 224 cm³/mol. The van der Waals surface area contributed by atoms with Crippen molar-refractivity contribution < 1.29 is 114 Å². The molecule has 396 valence electrons. The second-order valence-electron chi connectivity index (χ2n) is 14.8. The van der Waals surface area contributed by atoms with Crippen molar-refractivity contribution in [3.05, 3.63) is 30.3 Å². The molecule has 2 N–H and O–H groups in total. The fourth-order valence-electron chi connectivity index (χ4n) is 6.71. The van der Waals surface area contributed by atoms with Crippen molar-refractivity contribution in [2.75, 3.05) is 59.5 Å². The van der Waals surface area contributed by atoms with Crippen LogP contribution in [0.25, 0.3) is 0 Å². The van der Waals surface area contributed by atoms with Crippen LogP contribution in [-0.2, 0) is 88.9 Å². The number of hydrogen-bond acceptors (Lipinski definition) is 27. The summed E-state index contributed by atoms with van der Waals surface area (Å²) in [7, 11) is 0. The minimum Gasteiger partial charge on any atom is -0.455 e. The summed E-state index contributed by atoms with van der Waals surface area (Å²) >= 11 is 2.82. The first-order valence-corrected chi connectivity index (χ1v) is 26.6. The fraction of sp³-hybridized carbons (Fsp3) is 0.865. The SMILES string of the molecule is C.CC(=O)OCC(=O)Cl.CC(=O)OCC(=O)O[C@H]1CO[C@H]2[C@@H]1OC[C@H]2O[N+](=O)[O-].CCC[CH2][Sn](=[O])[CH2]CCC.O=C(CO)O[C@H]1CO[C@H]2[C@@H]1OC[C@H]2O[N+](=O)[O-].O=[N+]([O-])O[C@@H]1CO[C@H]2[C@@H]1OC[C@@H]2O. The van der Waals surface area contributed by atoms with E-state index in [1.807, 2.05) is 0 Å². The van der Waals surface area contributed by atoms with Crippen LogP contribution in [-0.4, -0.2) is 207 Å². The molecule has 6 aliphatic heterocycles. The Labute approximate surface area is 406 Å². The Morgan fingerprint density at radius 3 is 1.28 bits per heavy atom. The van der Waals surface area contributed by atoms with E-state index < -0.39 is 151 Å². The van der Waals surface area contributed by atoms with E-state index in [4.69, 9.17) is 54.6 Å². The summed E-state index contributed by atoms with van der Waals surface area (Å²) < 4.78 is 63.2. The summed E-state index contributed by atoms with van der Waals surface area (Å²) in [4.78, 5) is 96.3. The number of nitrogens with zero attached hydrogens (tertiary/aromatic N) is 3. The van der Waals surface area contributed by atoms with Gasteiger partial charge in [0.05, 0.1) is 39.6 Å². The van der Waals surface area contributed by atoms with Gasteiger partial charge in [0.2, 0.25) is 0 Å². The van der Waals surface area contributed by atoms with E-state index in [9.17, 15) is 62.5 Å². The van der Waals surface area contributed by atoms with Crippen LogP contribution in [0, 0.1) is 30.3 Å². The molecule has 0 saturated carbocycles. The molecular weight excluding hydrogens is 1070 g/mol. The van der Waals surface area contributed by atoms with Crippen LogP contribution in [0.1, 0.15) is 60.8 Å². The van der Waals surface area contributed by atoms with E-state index in [-0.39, 0.29) is 53.7 Å². The normalized spacial score (nSPS) is 28.3. The standard InChI is InChI=1S/C10H13NO9.C8H11NO8.C6H9NO6.C4H5ClO3.2C4H9.CH4.O.Sn/c1-5(12)16-4-8(13)19-6-2-17-10-7(20-11(14)15)3-18-9(6)10;10-1-6(11)16-4-2-14-8-5(17-9(12)13)3-15-7(4)8;8-3-1-11-6-4(13-7(9)10)2-12-5(3)6;1-3(6)8-2-4(5)7;2*1-3-4-2;;;/h6-7,9-10H,2-4H2,1H3;4-5,7-8,10H,1-3H2;3-6,8H,1-2H2;2H2,1H3;2*1,3-4H2,2H3;1H4;;/t6-,7+,9+,10+;4-,5+,7+,8+;3-,4+,5+,6+;;;;;;/m000....../s1. The maximum Gasteiger partial charge on any atom is 0.332 e. The first-order valence-electron chi connectivity index (χ1n) is 21.0. The predicted octanol–water partition coefficient (Wildman–Crippen LogP) is -0.218. The number of carbonyl (C=O) groups excluding carboxylic acids is 5. The average molecular weight is 1130 g/mol. The Morgan fingerprint density at radius 1 is 0.594 bits per heavy atom. The third kappa shape index (κ3) is 23.5. The topological polar surface area (TPSA) is 392 Å². The van der Waals surface area contributed by atoms with Crippen LogP contribution in [0.5, 0.6) is 0 Å². The van der Waals surface area contributed by atoms with Gasteiger partial charge >= 0.3 is 95.1 Å². The number of carbonyl (C=O) groups is 5. The Balaban J connectivity index is 0.000000446. The van der Waals surface area contributed by atoms with Gasteiger partial charge in [-0.2, -0.15) is 0 Å². The molecule has 0 spiro atoms. The third-order valence-electron chi connectivity index (χ3n) is 9.67. The van der Waals surface area contributed by atoms with Gasteiger partial charge in [-0.25, -0.2) is 9.59 Å². The summed E-state index contributed by atoms with van der Waals surface area (Å²) in [6.07, 6.45) is -3.13. The number of unbranched alkanes of at least 4 members (excludes halogenated alkanes) is 2. The molecule has 6 saturated heterocycles. The third-order valence-corrected chi connectivity index (χ3v) is 15.0. The van der Waals surface area contributed by atoms with Gasteiger partial charge in [-0.3, -0.25) is 14.4 Å². The number of rotatable bonds is 19. The Morgan fingerprint density at radius 2 is 0.928 bits per heavy atom. The first kappa shape index (κ1) is 62.7. The molecule has 6 fully saturated rings. The summed E-state index contributed by atoms with van der Waals surface area (Å²) in [5.74, 6) is -2.63. The summed E-state index contributed by atoms with van der Waals surface area (Å²) in [6.45, 7) is 5.46. The van der Waals surface area contributed by atoms with Crippen molar-refractivity contribution >= 4 is 60.5 Å². The van der Waals surface area contributed by atoms with Crippen molar-refractivity contribution in [3.8, 4) is 0 Å². The van der Waals surface area contributed by atoms with Gasteiger partial charge in [0.15, 0.2) is 43.7 Å². The zero-order chi connectivity index (χ0) is 50.9.